The SMILES string of the molecule is O=C(COC(=O)c1cc(Cl)c[nH]1)Nc1cc(F)cc(F)c1. The van der Waals surface area contributed by atoms with E-state index in [1.165, 1.54) is 12.3 Å². The molecule has 0 atom stereocenters. The number of carbonyl (C=O) groups is 2. The number of ether oxygens (including phenoxy) is 1. The van der Waals surface area contributed by atoms with Gasteiger partial charge in [0.1, 0.15) is 17.3 Å². The van der Waals surface area contributed by atoms with Crippen LogP contribution in [0.2, 0.25) is 5.02 Å². The first-order chi connectivity index (χ1) is 9.94. The summed E-state index contributed by atoms with van der Waals surface area (Å²) in [6.07, 6.45) is 1.38. The molecule has 0 aliphatic carbocycles. The summed E-state index contributed by atoms with van der Waals surface area (Å²) >= 11 is 5.61. The Balaban J connectivity index is 1.88. The van der Waals surface area contributed by atoms with E-state index in [-0.39, 0.29) is 11.4 Å². The fourth-order valence-corrected chi connectivity index (χ4v) is 1.68. The normalized spacial score (nSPS) is 10.2. The van der Waals surface area contributed by atoms with Gasteiger partial charge in [-0.25, -0.2) is 13.6 Å². The zero-order valence-corrected chi connectivity index (χ0v) is 11.2. The highest BCUT2D eigenvalue weighted by molar-refractivity contribution is 6.30. The Morgan fingerprint density at radius 2 is 1.86 bits per heavy atom. The zero-order chi connectivity index (χ0) is 15.4. The molecule has 0 saturated heterocycles. The van der Waals surface area contributed by atoms with Crippen molar-refractivity contribution in [3.05, 3.63) is 52.8 Å². The van der Waals surface area contributed by atoms with Crippen molar-refractivity contribution in [3.8, 4) is 0 Å². The van der Waals surface area contributed by atoms with Crippen molar-refractivity contribution in [2.75, 3.05) is 11.9 Å². The van der Waals surface area contributed by atoms with Gasteiger partial charge in [-0.1, -0.05) is 11.6 Å². The van der Waals surface area contributed by atoms with E-state index >= 15 is 0 Å². The number of anilines is 1. The third-order valence-electron chi connectivity index (χ3n) is 2.35. The standard InChI is InChI=1S/C13H9ClF2N2O3/c14-7-1-11(17-5-7)13(20)21-6-12(19)18-10-3-8(15)2-9(16)4-10/h1-5,17H,6H2,(H,18,19). The zero-order valence-electron chi connectivity index (χ0n) is 10.5. The number of hydrogen-bond donors (Lipinski definition) is 2. The van der Waals surface area contributed by atoms with Crippen LogP contribution in [0.3, 0.4) is 0 Å². The van der Waals surface area contributed by atoms with Gasteiger partial charge >= 0.3 is 5.97 Å². The average molecular weight is 315 g/mol. The summed E-state index contributed by atoms with van der Waals surface area (Å²) in [6.45, 7) is -0.604. The molecule has 1 amide bonds. The summed E-state index contributed by atoms with van der Waals surface area (Å²) in [5.41, 5.74) is 0.0149. The molecule has 2 rings (SSSR count). The van der Waals surface area contributed by atoms with Crippen molar-refractivity contribution in [1.82, 2.24) is 4.98 Å². The van der Waals surface area contributed by atoms with Gasteiger partial charge in [0, 0.05) is 18.0 Å². The molecule has 1 aromatic carbocycles. The Bertz CT molecular complexity index is 668. The van der Waals surface area contributed by atoms with Crippen LogP contribution in [0.25, 0.3) is 0 Å². The smallest absolute Gasteiger partial charge is 0.355 e. The molecule has 0 aliphatic heterocycles. The van der Waals surface area contributed by atoms with Crippen molar-refractivity contribution in [3.63, 3.8) is 0 Å². The van der Waals surface area contributed by atoms with Crippen molar-refractivity contribution in [2.45, 2.75) is 0 Å². The fourth-order valence-electron chi connectivity index (χ4n) is 1.52. The quantitative estimate of drug-likeness (QED) is 0.852. The second-order valence-electron chi connectivity index (χ2n) is 4.01. The van der Waals surface area contributed by atoms with Crippen LogP contribution in [0.15, 0.2) is 30.5 Å². The molecule has 1 heterocycles. The van der Waals surface area contributed by atoms with E-state index < -0.39 is 30.1 Å². The summed E-state index contributed by atoms with van der Waals surface area (Å²) in [4.78, 5) is 25.6. The number of benzene rings is 1. The number of aromatic amines is 1. The van der Waals surface area contributed by atoms with E-state index in [1.54, 1.807) is 0 Å². The molecule has 8 heteroatoms. The maximum absolute atomic E-state index is 12.9. The van der Waals surface area contributed by atoms with Gasteiger partial charge < -0.3 is 15.0 Å². The maximum Gasteiger partial charge on any atom is 0.355 e. The number of aromatic nitrogens is 1. The average Bonchev–Trinajstić information content (AvgIpc) is 2.81. The van der Waals surface area contributed by atoms with Crippen molar-refractivity contribution < 1.29 is 23.1 Å². The topological polar surface area (TPSA) is 71.2 Å². The van der Waals surface area contributed by atoms with Crippen molar-refractivity contribution in [1.29, 1.82) is 0 Å². The maximum atomic E-state index is 12.9. The van der Waals surface area contributed by atoms with Gasteiger partial charge in [0.25, 0.3) is 5.91 Å². The van der Waals surface area contributed by atoms with Crippen LogP contribution in [0.5, 0.6) is 0 Å². The minimum absolute atomic E-state index is 0.0727. The molecule has 2 N–H and O–H groups in total. The van der Waals surface area contributed by atoms with Crippen LogP contribution < -0.4 is 5.32 Å². The van der Waals surface area contributed by atoms with E-state index in [0.29, 0.717) is 11.1 Å². The van der Waals surface area contributed by atoms with E-state index in [9.17, 15) is 18.4 Å². The summed E-state index contributed by atoms with van der Waals surface area (Å²) in [5, 5.41) is 2.52. The minimum Gasteiger partial charge on any atom is -0.451 e. The highest BCUT2D eigenvalue weighted by Crippen LogP contribution is 2.13. The predicted molar refractivity (Wildman–Crippen MR) is 71.1 cm³/mol. The molecule has 0 bridgehead atoms. The first kappa shape index (κ1) is 15.0. The Morgan fingerprint density at radius 3 is 2.43 bits per heavy atom. The minimum atomic E-state index is -0.830. The lowest BCUT2D eigenvalue weighted by atomic mass is 10.3. The molecule has 0 unspecified atom stereocenters. The molecular formula is C13H9ClF2N2O3. The lowest BCUT2D eigenvalue weighted by Crippen LogP contribution is -2.21. The Morgan fingerprint density at radius 1 is 1.19 bits per heavy atom. The number of rotatable bonds is 4. The van der Waals surface area contributed by atoms with Crippen LogP contribution in [0.4, 0.5) is 14.5 Å². The summed E-state index contributed by atoms with van der Waals surface area (Å²) in [5.74, 6) is -3.17. The molecule has 0 saturated carbocycles. The molecule has 0 radical (unpaired) electrons. The van der Waals surface area contributed by atoms with Crippen LogP contribution in [-0.4, -0.2) is 23.5 Å². The number of amides is 1. The first-order valence-electron chi connectivity index (χ1n) is 5.71. The van der Waals surface area contributed by atoms with Crippen LogP contribution in [0, 0.1) is 11.6 Å². The molecule has 5 nitrogen and oxygen atoms in total. The van der Waals surface area contributed by atoms with Crippen LogP contribution in [-0.2, 0) is 9.53 Å². The van der Waals surface area contributed by atoms with E-state index in [4.69, 9.17) is 16.3 Å². The monoisotopic (exact) mass is 314 g/mol. The number of esters is 1. The Kier molecular flexibility index (Phi) is 4.54. The molecule has 1 aromatic heterocycles. The van der Waals surface area contributed by atoms with Gasteiger partial charge in [-0.15, -0.1) is 0 Å². The fraction of sp³-hybridized carbons (Fsp3) is 0.0769. The van der Waals surface area contributed by atoms with Gasteiger partial charge in [-0.05, 0) is 18.2 Å². The molecule has 0 aliphatic rings. The van der Waals surface area contributed by atoms with Gasteiger partial charge in [0.15, 0.2) is 6.61 Å². The first-order valence-corrected chi connectivity index (χ1v) is 6.09. The third-order valence-corrected chi connectivity index (χ3v) is 2.57. The summed E-state index contributed by atoms with van der Waals surface area (Å²) in [6, 6.07) is 3.88. The predicted octanol–water partition coefficient (Wildman–Crippen LogP) is 2.74. The molecule has 110 valence electrons. The van der Waals surface area contributed by atoms with Crippen LogP contribution >= 0.6 is 11.6 Å². The van der Waals surface area contributed by atoms with Crippen molar-refractivity contribution >= 4 is 29.2 Å². The molecule has 0 fully saturated rings. The Hall–Kier alpha value is -2.41. The lowest BCUT2D eigenvalue weighted by molar-refractivity contribution is -0.119. The largest absolute Gasteiger partial charge is 0.451 e. The van der Waals surface area contributed by atoms with E-state index in [1.807, 2.05) is 0 Å². The molecule has 21 heavy (non-hydrogen) atoms. The van der Waals surface area contributed by atoms with E-state index in [0.717, 1.165) is 12.1 Å². The lowest BCUT2D eigenvalue weighted by Gasteiger charge is -2.06. The highest BCUT2D eigenvalue weighted by Gasteiger charge is 2.12. The van der Waals surface area contributed by atoms with Gasteiger partial charge in [0.2, 0.25) is 0 Å². The Labute approximate surface area is 122 Å². The van der Waals surface area contributed by atoms with Crippen molar-refractivity contribution in [2.24, 2.45) is 0 Å². The second kappa shape index (κ2) is 6.36. The van der Waals surface area contributed by atoms with Crippen LogP contribution in [0.1, 0.15) is 10.5 Å². The number of H-pyrrole nitrogens is 1. The number of nitrogens with one attached hydrogen (secondary N) is 2. The van der Waals surface area contributed by atoms with E-state index in [2.05, 4.69) is 10.3 Å². The van der Waals surface area contributed by atoms with Gasteiger partial charge in [-0.3, -0.25) is 4.79 Å². The number of carbonyl (C=O) groups excluding carboxylic acids is 2. The molecular weight excluding hydrogens is 306 g/mol. The number of hydrogen-bond acceptors (Lipinski definition) is 3. The second-order valence-corrected chi connectivity index (χ2v) is 4.45. The van der Waals surface area contributed by atoms with Gasteiger partial charge in [-0.2, -0.15) is 0 Å². The molecule has 0 spiro atoms. The van der Waals surface area contributed by atoms with Gasteiger partial charge in [0.05, 0.1) is 5.02 Å². The summed E-state index contributed by atoms with van der Waals surface area (Å²) in [7, 11) is 0. The third kappa shape index (κ3) is 4.28. The molecule has 2 aromatic rings. The number of halogens is 3. The summed E-state index contributed by atoms with van der Waals surface area (Å²) < 4.78 is 30.6. The highest BCUT2D eigenvalue weighted by atomic mass is 35.5.